The number of esters is 2. The van der Waals surface area contributed by atoms with E-state index in [1.807, 2.05) is 60.8 Å². The molecule has 0 aliphatic heterocycles. The second kappa shape index (κ2) is 43.8. The zero-order chi connectivity index (χ0) is 46.3. The molecule has 0 aliphatic rings. The standard InChI is InChI=1S/C55H83NO7/c1-6-8-10-12-14-16-18-20-22-24-25-26-27-28-30-31-33-35-37-39-41-43-45-53(57)62-50-51(49-61-48-47-52(55(59)60)56(3,4)5)63-54(58)46-44-42-40-38-36-34-32-29-23-21-19-17-15-13-11-9-7-2/h8-11,13-17,19-23,25-26,28-30,32-36,51-52H,6-7,12,18,24,27,31,37-50H2,1-5H3/b10-8+,11-9+,15-13+,16-14+,19-17+,22-20+,23-21+,26-25+,30-28+,32-29+,35-33+,36-34+. The average molecular weight is 870 g/mol. The maximum atomic E-state index is 12.7. The second-order valence-electron chi connectivity index (χ2n) is 16.0. The molecule has 0 fully saturated rings. The number of likely N-dealkylation sites (N-methyl/N-ethyl adjacent to an activating group) is 1. The lowest BCUT2D eigenvalue weighted by Gasteiger charge is -2.34. The lowest BCUT2D eigenvalue weighted by Crippen LogP contribution is -2.55. The molecule has 0 spiro atoms. The highest BCUT2D eigenvalue weighted by Crippen LogP contribution is 2.11. The summed E-state index contributed by atoms with van der Waals surface area (Å²) in [6.45, 7) is 4.28. The fourth-order valence-electron chi connectivity index (χ4n) is 5.81. The monoisotopic (exact) mass is 870 g/mol. The van der Waals surface area contributed by atoms with Crippen LogP contribution in [0.1, 0.15) is 129 Å². The van der Waals surface area contributed by atoms with E-state index in [2.05, 4.69) is 98.9 Å². The summed E-state index contributed by atoms with van der Waals surface area (Å²) in [7, 11) is 5.36. The molecule has 0 saturated heterocycles. The van der Waals surface area contributed by atoms with Gasteiger partial charge in [-0.3, -0.25) is 9.59 Å². The summed E-state index contributed by atoms with van der Waals surface area (Å²) in [5.41, 5.74) is 0. The third kappa shape index (κ3) is 42.3. The molecule has 350 valence electrons. The summed E-state index contributed by atoms with van der Waals surface area (Å²) in [6, 6.07) is -0.751. The van der Waals surface area contributed by atoms with Gasteiger partial charge in [0.15, 0.2) is 6.10 Å². The van der Waals surface area contributed by atoms with Crippen molar-refractivity contribution < 1.29 is 38.2 Å². The first-order valence-electron chi connectivity index (χ1n) is 23.4. The predicted octanol–water partition coefficient (Wildman–Crippen LogP) is 12.0. The van der Waals surface area contributed by atoms with Gasteiger partial charge < -0.3 is 28.6 Å². The van der Waals surface area contributed by atoms with Gasteiger partial charge in [0, 0.05) is 19.3 Å². The highest BCUT2D eigenvalue weighted by atomic mass is 16.6. The topological polar surface area (TPSA) is 102 Å². The normalized spacial score (nSPS) is 14.2. The first-order chi connectivity index (χ1) is 30.6. The number of carboxylic acid groups (broad SMARTS) is 1. The van der Waals surface area contributed by atoms with E-state index in [4.69, 9.17) is 14.2 Å². The fourth-order valence-corrected chi connectivity index (χ4v) is 5.81. The lowest BCUT2D eigenvalue weighted by atomic mass is 10.1. The van der Waals surface area contributed by atoms with Gasteiger partial charge in [0.2, 0.25) is 0 Å². The summed E-state index contributed by atoms with van der Waals surface area (Å²) >= 11 is 0. The lowest BCUT2D eigenvalue weighted by molar-refractivity contribution is -0.889. The first-order valence-corrected chi connectivity index (χ1v) is 23.4. The summed E-state index contributed by atoms with van der Waals surface area (Å²) < 4.78 is 17.1. The van der Waals surface area contributed by atoms with Crippen molar-refractivity contribution in [2.45, 2.75) is 142 Å². The third-order valence-corrected chi connectivity index (χ3v) is 9.38. The Kier molecular flexibility index (Phi) is 40.5. The molecular weight excluding hydrogens is 787 g/mol. The van der Waals surface area contributed by atoms with E-state index >= 15 is 0 Å². The molecule has 0 saturated carbocycles. The molecule has 0 aliphatic carbocycles. The first kappa shape index (κ1) is 58.2. The zero-order valence-corrected chi connectivity index (χ0v) is 39.7. The fraction of sp³-hybridized carbons (Fsp3) is 0.509. The van der Waals surface area contributed by atoms with E-state index in [1.165, 1.54) is 0 Å². The van der Waals surface area contributed by atoms with E-state index < -0.39 is 18.1 Å². The van der Waals surface area contributed by atoms with Gasteiger partial charge in [-0.1, -0.05) is 173 Å². The van der Waals surface area contributed by atoms with Crippen LogP contribution >= 0.6 is 0 Å². The van der Waals surface area contributed by atoms with Crippen LogP contribution in [-0.2, 0) is 28.6 Å². The molecule has 0 heterocycles. The number of allylic oxidation sites excluding steroid dienone is 24. The smallest absolute Gasteiger partial charge is 0.306 e. The van der Waals surface area contributed by atoms with Crippen LogP contribution in [0, 0.1) is 0 Å². The Labute approximate surface area is 383 Å². The average Bonchev–Trinajstić information content (AvgIpc) is 3.24. The van der Waals surface area contributed by atoms with Gasteiger partial charge in [-0.2, -0.15) is 0 Å². The minimum atomic E-state index is -1.15. The van der Waals surface area contributed by atoms with Crippen LogP contribution in [0.25, 0.3) is 0 Å². The number of rotatable bonds is 39. The molecular formula is C55H83NO7. The minimum Gasteiger partial charge on any atom is -0.544 e. The van der Waals surface area contributed by atoms with Gasteiger partial charge in [-0.15, -0.1) is 0 Å². The molecule has 0 rings (SSSR count). The predicted molar refractivity (Wildman–Crippen MR) is 263 cm³/mol. The number of nitrogens with zero attached hydrogens (tertiary/aromatic N) is 1. The largest absolute Gasteiger partial charge is 0.544 e. The summed E-state index contributed by atoms with van der Waals surface area (Å²) in [5, 5.41) is 11.6. The minimum absolute atomic E-state index is 0.000626. The summed E-state index contributed by atoms with van der Waals surface area (Å²) in [6.07, 6.45) is 64.4. The molecule has 8 heteroatoms. The van der Waals surface area contributed by atoms with E-state index in [-0.39, 0.29) is 55.5 Å². The SMILES string of the molecule is CC/C=C/C=C/C=C/C=C/C=C/C=C/CCCCCC(=O)OC(COCCC(C(=O)[O-])[N+](C)(C)C)COC(=O)CCCCC/C=C/C/C=C/C/C=C/C/C=C/C/C=C/C/C=C/CC. The number of carbonyl (C=O) groups is 3. The van der Waals surface area contributed by atoms with Crippen molar-refractivity contribution in [1.29, 1.82) is 0 Å². The van der Waals surface area contributed by atoms with Crippen LogP contribution in [0.4, 0.5) is 0 Å². The van der Waals surface area contributed by atoms with Crippen molar-refractivity contribution in [3.05, 3.63) is 146 Å². The summed E-state index contributed by atoms with van der Waals surface area (Å²) in [5.74, 6) is -1.86. The molecule has 8 nitrogen and oxygen atoms in total. The molecule has 0 aromatic carbocycles. The van der Waals surface area contributed by atoms with E-state index in [0.29, 0.717) is 12.8 Å². The number of ether oxygens (including phenoxy) is 3. The highest BCUT2D eigenvalue weighted by Gasteiger charge is 2.25. The van der Waals surface area contributed by atoms with Crippen molar-refractivity contribution >= 4 is 17.9 Å². The Morgan fingerprint density at radius 1 is 0.492 bits per heavy atom. The van der Waals surface area contributed by atoms with Gasteiger partial charge in [0.25, 0.3) is 0 Å². The Bertz CT molecular complexity index is 1530. The van der Waals surface area contributed by atoms with Crippen LogP contribution in [0.15, 0.2) is 146 Å². The van der Waals surface area contributed by atoms with Gasteiger partial charge >= 0.3 is 11.9 Å². The molecule has 0 N–H and O–H groups in total. The number of unbranched alkanes of at least 4 members (excludes halogenated alkanes) is 6. The van der Waals surface area contributed by atoms with Crippen LogP contribution in [0.2, 0.25) is 0 Å². The zero-order valence-electron chi connectivity index (χ0n) is 39.7. The second-order valence-corrected chi connectivity index (χ2v) is 16.0. The van der Waals surface area contributed by atoms with Crippen LogP contribution < -0.4 is 5.11 Å². The summed E-state index contributed by atoms with van der Waals surface area (Å²) in [4.78, 5) is 36.9. The highest BCUT2D eigenvalue weighted by molar-refractivity contribution is 5.70. The number of carboxylic acids is 1. The molecule has 0 aromatic rings. The van der Waals surface area contributed by atoms with Crippen LogP contribution in [0.5, 0.6) is 0 Å². The number of hydrogen-bond acceptors (Lipinski definition) is 7. The molecule has 0 bridgehead atoms. The number of quaternary nitrogens is 1. The van der Waals surface area contributed by atoms with E-state index in [1.54, 1.807) is 21.1 Å². The van der Waals surface area contributed by atoms with Crippen molar-refractivity contribution in [2.24, 2.45) is 0 Å². The van der Waals surface area contributed by atoms with Crippen molar-refractivity contribution in [3.63, 3.8) is 0 Å². The van der Waals surface area contributed by atoms with Gasteiger partial charge in [-0.05, 0) is 83.5 Å². The van der Waals surface area contributed by atoms with Gasteiger partial charge in [0.1, 0.15) is 12.6 Å². The van der Waals surface area contributed by atoms with Crippen molar-refractivity contribution in [3.8, 4) is 0 Å². The van der Waals surface area contributed by atoms with E-state index in [0.717, 1.165) is 83.5 Å². The van der Waals surface area contributed by atoms with Gasteiger partial charge in [0.05, 0.1) is 40.3 Å². The molecule has 2 unspecified atom stereocenters. The maximum absolute atomic E-state index is 12.7. The maximum Gasteiger partial charge on any atom is 0.306 e. The van der Waals surface area contributed by atoms with Crippen molar-refractivity contribution in [1.82, 2.24) is 0 Å². The Morgan fingerprint density at radius 3 is 1.40 bits per heavy atom. The molecule has 0 amide bonds. The Morgan fingerprint density at radius 2 is 0.921 bits per heavy atom. The Hall–Kier alpha value is -4.79. The number of hydrogen-bond donors (Lipinski definition) is 0. The van der Waals surface area contributed by atoms with Gasteiger partial charge in [-0.25, -0.2) is 0 Å². The number of aliphatic carboxylic acids is 1. The molecule has 63 heavy (non-hydrogen) atoms. The molecule has 0 aromatic heterocycles. The van der Waals surface area contributed by atoms with Crippen molar-refractivity contribution in [2.75, 3.05) is 41.0 Å². The number of carbonyl (C=O) groups excluding carboxylic acids is 3. The van der Waals surface area contributed by atoms with Crippen LogP contribution in [0.3, 0.4) is 0 Å². The molecule has 2 atom stereocenters. The van der Waals surface area contributed by atoms with Crippen LogP contribution in [-0.4, -0.2) is 75.5 Å². The Balaban J connectivity index is 4.49. The van der Waals surface area contributed by atoms with E-state index in [9.17, 15) is 19.5 Å². The third-order valence-electron chi connectivity index (χ3n) is 9.38. The molecule has 0 radical (unpaired) electrons. The quantitative estimate of drug-likeness (QED) is 0.0199.